The predicted octanol–water partition coefficient (Wildman–Crippen LogP) is 1.44. The van der Waals surface area contributed by atoms with Gasteiger partial charge in [-0.2, -0.15) is 0 Å². The van der Waals surface area contributed by atoms with Crippen LogP contribution >= 0.6 is 0 Å². The Labute approximate surface area is 105 Å². The van der Waals surface area contributed by atoms with Crippen LogP contribution in [0.15, 0.2) is 12.1 Å². The molecule has 1 rings (SSSR count). The SMILES string of the molecule is CN(C)CCCOc1cc(F)c(C(=O)O)cc1N. The van der Waals surface area contributed by atoms with Crippen LogP contribution < -0.4 is 10.5 Å². The third-order valence-electron chi connectivity index (χ3n) is 2.34. The summed E-state index contributed by atoms with van der Waals surface area (Å²) in [7, 11) is 3.88. The van der Waals surface area contributed by atoms with Gasteiger partial charge in [0.05, 0.1) is 17.9 Å². The monoisotopic (exact) mass is 256 g/mol. The number of carboxylic acids is 1. The molecule has 0 saturated heterocycles. The number of anilines is 1. The van der Waals surface area contributed by atoms with Gasteiger partial charge in [-0.15, -0.1) is 0 Å². The van der Waals surface area contributed by atoms with E-state index in [1.807, 2.05) is 19.0 Å². The van der Waals surface area contributed by atoms with E-state index in [2.05, 4.69) is 0 Å². The van der Waals surface area contributed by atoms with Crippen molar-refractivity contribution in [2.24, 2.45) is 0 Å². The Morgan fingerprint density at radius 1 is 1.50 bits per heavy atom. The van der Waals surface area contributed by atoms with Crippen molar-refractivity contribution in [1.29, 1.82) is 0 Å². The van der Waals surface area contributed by atoms with Crippen molar-refractivity contribution in [2.75, 3.05) is 33.0 Å². The third kappa shape index (κ3) is 3.89. The van der Waals surface area contributed by atoms with Gasteiger partial charge < -0.3 is 20.5 Å². The molecule has 100 valence electrons. The lowest BCUT2D eigenvalue weighted by molar-refractivity contribution is 0.0692. The molecule has 0 bridgehead atoms. The Kier molecular flexibility index (Phi) is 4.91. The highest BCUT2D eigenvalue weighted by Gasteiger charge is 2.14. The number of halogens is 1. The first-order valence-corrected chi connectivity index (χ1v) is 5.51. The van der Waals surface area contributed by atoms with Crippen molar-refractivity contribution in [1.82, 2.24) is 4.90 Å². The third-order valence-corrected chi connectivity index (χ3v) is 2.34. The molecule has 1 aromatic carbocycles. The van der Waals surface area contributed by atoms with E-state index < -0.39 is 17.3 Å². The van der Waals surface area contributed by atoms with Gasteiger partial charge in [-0.3, -0.25) is 0 Å². The molecule has 0 heterocycles. The predicted molar refractivity (Wildman–Crippen MR) is 66.4 cm³/mol. The second-order valence-electron chi connectivity index (χ2n) is 4.18. The number of nitrogen functional groups attached to an aromatic ring is 1. The standard InChI is InChI=1S/C12H17FN2O3/c1-15(2)4-3-5-18-11-7-9(13)8(12(16)17)6-10(11)14/h6-7H,3-5,14H2,1-2H3,(H,16,17). The number of rotatable bonds is 6. The van der Waals surface area contributed by atoms with Crippen molar-refractivity contribution in [3.8, 4) is 5.75 Å². The zero-order valence-corrected chi connectivity index (χ0v) is 10.4. The number of carboxylic acid groups (broad SMARTS) is 1. The van der Waals surface area contributed by atoms with E-state index >= 15 is 0 Å². The number of hydrogen-bond acceptors (Lipinski definition) is 4. The maximum absolute atomic E-state index is 13.4. The van der Waals surface area contributed by atoms with E-state index in [1.54, 1.807) is 0 Å². The van der Waals surface area contributed by atoms with E-state index in [4.69, 9.17) is 15.6 Å². The van der Waals surface area contributed by atoms with Gasteiger partial charge in [0.2, 0.25) is 0 Å². The summed E-state index contributed by atoms with van der Waals surface area (Å²) in [4.78, 5) is 12.7. The molecule has 5 nitrogen and oxygen atoms in total. The number of aromatic carboxylic acids is 1. The van der Waals surface area contributed by atoms with Crippen LogP contribution in [0, 0.1) is 5.82 Å². The lowest BCUT2D eigenvalue weighted by atomic mass is 10.2. The average Bonchev–Trinajstić information content (AvgIpc) is 2.27. The molecule has 0 radical (unpaired) electrons. The molecule has 0 amide bonds. The molecule has 0 aliphatic carbocycles. The maximum atomic E-state index is 13.4. The highest BCUT2D eigenvalue weighted by Crippen LogP contribution is 2.25. The first kappa shape index (κ1) is 14.2. The molecule has 0 aromatic heterocycles. The Balaban J connectivity index is 2.67. The minimum atomic E-state index is -1.35. The largest absolute Gasteiger partial charge is 0.491 e. The van der Waals surface area contributed by atoms with E-state index in [9.17, 15) is 9.18 Å². The molecule has 0 atom stereocenters. The van der Waals surface area contributed by atoms with Gasteiger partial charge in [0.1, 0.15) is 11.6 Å². The maximum Gasteiger partial charge on any atom is 0.338 e. The molecular formula is C12H17FN2O3. The highest BCUT2D eigenvalue weighted by atomic mass is 19.1. The van der Waals surface area contributed by atoms with E-state index in [-0.39, 0.29) is 11.4 Å². The fourth-order valence-electron chi connectivity index (χ4n) is 1.42. The van der Waals surface area contributed by atoms with E-state index in [1.165, 1.54) is 0 Å². The smallest absolute Gasteiger partial charge is 0.338 e. The van der Waals surface area contributed by atoms with E-state index in [0.29, 0.717) is 6.61 Å². The minimum Gasteiger partial charge on any atom is -0.491 e. The van der Waals surface area contributed by atoms with Crippen LogP contribution in [-0.4, -0.2) is 43.2 Å². The molecule has 0 unspecified atom stereocenters. The highest BCUT2D eigenvalue weighted by molar-refractivity contribution is 5.89. The molecule has 0 spiro atoms. The zero-order chi connectivity index (χ0) is 13.7. The van der Waals surface area contributed by atoms with Crippen molar-refractivity contribution in [2.45, 2.75) is 6.42 Å². The summed E-state index contributed by atoms with van der Waals surface area (Å²) < 4.78 is 18.7. The number of ether oxygens (including phenoxy) is 1. The lowest BCUT2D eigenvalue weighted by Gasteiger charge is -2.12. The molecule has 1 aromatic rings. The van der Waals surface area contributed by atoms with Crippen LogP contribution in [0.3, 0.4) is 0 Å². The molecule has 18 heavy (non-hydrogen) atoms. The van der Waals surface area contributed by atoms with Crippen molar-refractivity contribution in [3.05, 3.63) is 23.5 Å². The first-order chi connectivity index (χ1) is 8.41. The Morgan fingerprint density at radius 3 is 2.72 bits per heavy atom. The summed E-state index contributed by atoms with van der Waals surface area (Å²) in [5.41, 5.74) is 5.28. The summed E-state index contributed by atoms with van der Waals surface area (Å²) in [6.45, 7) is 1.24. The van der Waals surface area contributed by atoms with Gasteiger partial charge in [0.15, 0.2) is 0 Å². The number of benzene rings is 1. The van der Waals surface area contributed by atoms with Crippen LogP contribution in [-0.2, 0) is 0 Å². The van der Waals surface area contributed by atoms with Crippen molar-refractivity contribution >= 4 is 11.7 Å². The lowest BCUT2D eigenvalue weighted by Crippen LogP contribution is -2.16. The van der Waals surface area contributed by atoms with Gasteiger partial charge in [-0.05, 0) is 26.6 Å². The zero-order valence-electron chi connectivity index (χ0n) is 10.4. The Hall–Kier alpha value is -1.82. The van der Waals surface area contributed by atoms with Gasteiger partial charge in [0.25, 0.3) is 0 Å². The molecule has 0 saturated carbocycles. The molecular weight excluding hydrogens is 239 g/mol. The van der Waals surface area contributed by atoms with Gasteiger partial charge in [0, 0.05) is 12.6 Å². The van der Waals surface area contributed by atoms with Gasteiger partial charge in [-0.1, -0.05) is 0 Å². The first-order valence-electron chi connectivity index (χ1n) is 5.51. The number of hydrogen-bond donors (Lipinski definition) is 2. The Morgan fingerprint density at radius 2 is 2.17 bits per heavy atom. The topological polar surface area (TPSA) is 75.8 Å². The van der Waals surface area contributed by atoms with Crippen molar-refractivity contribution in [3.63, 3.8) is 0 Å². The summed E-state index contributed by atoms with van der Waals surface area (Å²) in [6.07, 6.45) is 0.773. The summed E-state index contributed by atoms with van der Waals surface area (Å²) in [5, 5.41) is 8.71. The normalized spacial score (nSPS) is 10.7. The average molecular weight is 256 g/mol. The fraction of sp³-hybridized carbons (Fsp3) is 0.417. The number of carbonyl (C=O) groups is 1. The summed E-state index contributed by atoms with van der Waals surface area (Å²) in [5.74, 6) is -2.02. The van der Waals surface area contributed by atoms with Crippen molar-refractivity contribution < 1.29 is 19.0 Å². The van der Waals surface area contributed by atoms with Crippen LogP contribution in [0.4, 0.5) is 10.1 Å². The number of nitrogens with two attached hydrogens (primary N) is 1. The Bertz CT molecular complexity index is 436. The van der Waals surface area contributed by atoms with Gasteiger partial charge >= 0.3 is 5.97 Å². The van der Waals surface area contributed by atoms with E-state index in [0.717, 1.165) is 25.1 Å². The molecule has 6 heteroatoms. The van der Waals surface area contributed by atoms with Crippen LogP contribution in [0.25, 0.3) is 0 Å². The molecule has 3 N–H and O–H groups in total. The molecule has 0 fully saturated rings. The van der Waals surface area contributed by atoms with Crippen LogP contribution in [0.2, 0.25) is 0 Å². The summed E-state index contributed by atoms with van der Waals surface area (Å²) in [6, 6.07) is 2.08. The van der Waals surface area contributed by atoms with Gasteiger partial charge in [-0.25, -0.2) is 9.18 Å². The fourth-order valence-corrected chi connectivity index (χ4v) is 1.42. The molecule has 0 aliphatic rings. The second kappa shape index (κ2) is 6.20. The quantitative estimate of drug-likeness (QED) is 0.595. The van der Waals surface area contributed by atoms with Crippen LogP contribution in [0.1, 0.15) is 16.8 Å². The minimum absolute atomic E-state index is 0.124. The van der Waals surface area contributed by atoms with Crippen LogP contribution in [0.5, 0.6) is 5.75 Å². The molecule has 0 aliphatic heterocycles. The second-order valence-corrected chi connectivity index (χ2v) is 4.18. The number of nitrogens with zero attached hydrogens (tertiary/aromatic N) is 1. The summed E-state index contributed by atoms with van der Waals surface area (Å²) >= 11 is 0.